The van der Waals surface area contributed by atoms with Gasteiger partial charge in [-0.1, -0.05) is 12.1 Å². The summed E-state index contributed by atoms with van der Waals surface area (Å²) in [6.07, 6.45) is -2.78. The van der Waals surface area contributed by atoms with Crippen molar-refractivity contribution in [2.75, 3.05) is 13.2 Å². The molecule has 1 heterocycles. The van der Waals surface area contributed by atoms with Gasteiger partial charge in [0, 0.05) is 11.4 Å². The Kier molecular flexibility index (Phi) is 6.03. The summed E-state index contributed by atoms with van der Waals surface area (Å²) < 4.78 is 42.8. The highest BCUT2D eigenvalue weighted by Gasteiger charge is 2.30. The van der Waals surface area contributed by atoms with Gasteiger partial charge in [-0.2, -0.15) is 13.2 Å². The van der Waals surface area contributed by atoms with Crippen molar-refractivity contribution in [3.63, 3.8) is 0 Å². The molecule has 0 aliphatic rings. The fourth-order valence-electron chi connectivity index (χ4n) is 1.98. The van der Waals surface area contributed by atoms with E-state index < -0.39 is 11.7 Å². The van der Waals surface area contributed by atoms with E-state index in [-0.39, 0.29) is 18.3 Å². The first-order chi connectivity index (χ1) is 11.4. The molecule has 0 N–H and O–H groups in total. The van der Waals surface area contributed by atoms with E-state index in [0.29, 0.717) is 13.1 Å². The van der Waals surface area contributed by atoms with Crippen LogP contribution < -0.4 is 4.74 Å². The molecule has 0 aliphatic heterocycles. The molecule has 1 aromatic carbocycles. The van der Waals surface area contributed by atoms with Crippen LogP contribution in [0.15, 0.2) is 54.4 Å². The van der Waals surface area contributed by atoms with Crippen molar-refractivity contribution >= 4 is 17.2 Å². The van der Waals surface area contributed by atoms with Gasteiger partial charge in [-0.3, -0.25) is 4.79 Å². The van der Waals surface area contributed by atoms with Gasteiger partial charge in [-0.25, -0.2) is 0 Å². The van der Waals surface area contributed by atoms with Gasteiger partial charge >= 0.3 is 6.18 Å². The molecule has 1 aromatic heterocycles. The van der Waals surface area contributed by atoms with Crippen LogP contribution in [-0.2, 0) is 17.5 Å². The molecule has 0 aliphatic carbocycles. The Bertz CT molecular complexity index is 666. The maximum atomic E-state index is 12.5. The average molecular weight is 355 g/mol. The van der Waals surface area contributed by atoms with E-state index in [1.54, 1.807) is 11.0 Å². The van der Waals surface area contributed by atoms with E-state index in [2.05, 4.69) is 6.58 Å². The number of alkyl halides is 3. The van der Waals surface area contributed by atoms with Gasteiger partial charge in [0.2, 0.25) is 0 Å². The summed E-state index contributed by atoms with van der Waals surface area (Å²) in [5.41, 5.74) is -0.757. The monoisotopic (exact) mass is 355 g/mol. The molecule has 3 nitrogen and oxygen atoms in total. The second-order valence-electron chi connectivity index (χ2n) is 4.95. The Morgan fingerprint density at radius 2 is 1.96 bits per heavy atom. The number of carbonyl (C=O) groups is 1. The average Bonchev–Trinajstić information content (AvgIpc) is 3.05. The number of hydrogen-bond acceptors (Lipinski definition) is 3. The molecular formula is C17H16F3NO2S. The lowest BCUT2D eigenvalue weighted by Crippen LogP contribution is -2.34. The smallest absolute Gasteiger partial charge is 0.416 e. The van der Waals surface area contributed by atoms with E-state index in [1.165, 1.54) is 23.5 Å². The third-order valence-corrected chi connectivity index (χ3v) is 4.03. The Labute approximate surface area is 142 Å². The van der Waals surface area contributed by atoms with E-state index in [9.17, 15) is 18.0 Å². The molecule has 0 atom stereocenters. The van der Waals surface area contributed by atoms with Gasteiger partial charge in [0.25, 0.3) is 5.91 Å². The van der Waals surface area contributed by atoms with Crippen LogP contribution in [-0.4, -0.2) is 24.0 Å². The summed E-state index contributed by atoms with van der Waals surface area (Å²) in [7, 11) is 0. The number of nitrogens with zero attached hydrogens (tertiary/aromatic N) is 1. The summed E-state index contributed by atoms with van der Waals surface area (Å²) in [5.74, 6) is -0.0470. The van der Waals surface area contributed by atoms with Crippen LogP contribution in [0.1, 0.15) is 10.4 Å². The maximum absolute atomic E-state index is 12.5. The van der Waals surface area contributed by atoms with Crippen molar-refractivity contribution in [3.8, 4) is 5.75 Å². The number of amides is 1. The quantitative estimate of drug-likeness (QED) is 0.691. The highest BCUT2D eigenvalue weighted by molar-refractivity contribution is 7.09. The molecular weight excluding hydrogens is 339 g/mol. The van der Waals surface area contributed by atoms with Crippen molar-refractivity contribution in [2.24, 2.45) is 0 Å². The van der Waals surface area contributed by atoms with Crippen LogP contribution in [0.25, 0.3) is 0 Å². The largest absolute Gasteiger partial charge is 0.484 e. The molecule has 128 valence electrons. The first kappa shape index (κ1) is 18.1. The first-order valence-electron chi connectivity index (χ1n) is 7.11. The van der Waals surface area contributed by atoms with Crippen LogP contribution in [0.5, 0.6) is 5.75 Å². The Morgan fingerprint density at radius 3 is 2.50 bits per heavy atom. The van der Waals surface area contributed by atoms with Gasteiger partial charge < -0.3 is 9.64 Å². The number of thiophene rings is 1. The number of halogens is 3. The van der Waals surface area contributed by atoms with Crippen LogP contribution >= 0.6 is 11.3 Å². The molecule has 0 saturated carbocycles. The maximum Gasteiger partial charge on any atom is 0.416 e. The first-order valence-corrected chi connectivity index (χ1v) is 7.99. The van der Waals surface area contributed by atoms with Crippen LogP contribution in [0.2, 0.25) is 0 Å². The van der Waals surface area contributed by atoms with Gasteiger partial charge in [0.15, 0.2) is 6.61 Å². The summed E-state index contributed by atoms with van der Waals surface area (Å²) in [6, 6.07) is 8.07. The van der Waals surface area contributed by atoms with Crippen LogP contribution in [0, 0.1) is 0 Å². The molecule has 0 bridgehead atoms. The molecule has 2 rings (SSSR count). The lowest BCUT2D eigenvalue weighted by Gasteiger charge is -2.20. The minimum Gasteiger partial charge on any atom is -0.484 e. The SMILES string of the molecule is C=CCN(Cc1cccs1)C(=O)COc1ccc(C(F)(F)F)cc1. The molecule has 24 heavy (non-hydrogen) atoms. The number of ether oxygens (including phenoxy) is 1. The number of carbonyl (C=O) groups excluding carboxylic acids is 1. The zero-order chi connectivity index (χ0) is 17.6. The minimum absolute atomic E-state index is 0.214. The second kappa shape index (κ2) is 8.01. The third kappa shape index (κ3) is 5.13. The molecule has 0 unspecified atom stereocenters. The van der Waals surface area contributed by atoms with Crippen molar-refractivity contribution in [3.05, 3.63) is 64.9 Å². The zero-order valence-corrected chi connectivity index (χ0v) is 13.6. The van der Waals surface area contributed by atoms with Crippen LogP contribution in [0.4, 0.5) is 13.2 Å². The second-order valence-corrected chi connectivity index (χ2v) is 5.99. The summed E-state index contributed by atoms with van der Waals surface area (Å²) in [5, 5.41) is 1.92. The molecule has 2 aromatic rings. The summed E-state index contributed by atoms with van der Waals surface area (Å²) in [4.78, 5) is 14.8. The number of benzene rings is 1. The predicted octanol–water partition coefficient (Wildman–Crippen LogP) is 4.36. The van der Waals surface area contributed by atoms with Gasteiger partial charge in [-0.15, -0.1) is 17.9 Å². The molecule has 7 heteroatoms. The molecule has 0 radical (unpaired) electrons. The third-order valence-electron chi connectivity index (χ3n) is 3.17. The van der Waals surface area contributed by atoms with E-state index in [1.807, 2.05) is 17.5 Å². The van der Waals surface area contributed by atoms with Crippen LogP contribution in [0.3, 0.4) is 0 Å². The van der Waals surface area contributed by atoms with E-state index in [0.717, 1.165) is 17.0 Å². The highest BCUT2D eigenvalue weighted by Crippen LogP contribution is 2.30. The standard InChI is InChI=1S/C17H16F3NO2S/c1-2-9-21(11-15-4-3-10-24-15)16(22)12-23-14-7-5-13(6-8-14)17(18,19)20/h2-8,10H,1,9,11-12H2. The van der Waals surface area contributed by atoms with Crippen molar-refractivity contribution in [2.45, 2.75) is 12.7 Å². The Hall–Kier alpha value is -2.28. The number of hydrogen-bond donors (Lipinski definition) is 0. The fourth-order valence-corrected chi connectivity index (χ4v) is 2.70. The van der Waals surface area contributed by atoms with Gasteiger partial charge in [0.1, 0.15) is 5.75 Å². The summed E-state index contributed by atoms with van der Waals surface area (Å²) >= 11 is 1.54. The van der Waals surface area contributed by atoms with Gasteiger partial charge in [-0.05, 0) is 35.7 Å². The number of rotatable bonds is 7. The highest BCUT2D eigenvalue weighted by atomic mass is 32.1. The topological polar surface area (TPSA) is 29.5 Å². The molecule has 0 fully saturated rings. The lowest BCUT2D eigenvalue weighted by molar-refractivity contribution is -0.137. The van der Waals surface area contributed by atoms with Crippen molar-refractivity contribution < 1.29 is 22.7 Å². The Balaban J connectivity index is 1.93. The molecule has 0 spiro atoms. The van der Waals surface area contributed by atoms with Crippen molar-refractivity contribution in [1.82, 2.24) is 4.90 Å². The molecule has 0 saturated heterocycles. The van der Waals surface area contributed by atoms with Gasteiger partial charge in [0.05, 0.1) is 12.1 Å². The zero-order valence-electron chi connectivity index (χ0n) is 12.8. The van der Waals surface area contributed by atoms with E-state index >= 15 is 0 Å². The normalized spacial score (nSPS) is 11.1. The fraction of sp³-hybridized carbons (Fsp3) is 0.235. The van der Waals surface area contributed by atoms with E-state index in [4.69, 9.17) is 4.74 Å². The lowest BCUT2D eigenvalue weighted by atomic mass is 10.2. The minimum atomic E-state index is -4.39. The summed E-state index contributed by atoms with van der Waals surface area (Å²) in [6.45, 7) is 4.19. The predicted molar refractivity (Wildman–Crippen MR) is 86.9 cm³/mol. The Morgan fingerprint density at radius 1 is 1.25 bits per heavy atom. The van der Waals surface area contributed by atoms with Crippen molar-refractivity contribution in [1.29, 1.82) is 0 Å². The molecule has 1 amide bonds.